The van der Waals surface area contributed by atoms with E-state index in [1.807, 2.05) is 0 Å². The van der Waals surface area contributed by atoms with E-state index in [0.717, 1.165) is 6.29 Å². The van der Waals surface area contributed by atoms with Crippen LogP contribution >= 0.6 is 0 Å². The van der Waals surface area contributed by atoms with Crippen LogP contribution in [0, 0.1) is 6.92 Å². The summed E-state index contributed by atoms with van der Waals surface area (Å²) in [4.78, 5) is 9.48. The van der Waals surface area contributed by atoms with Crippen LogP contribution in [0.1, 0.15) is 6.42 Å². The predicted molar refractivity (Wildman–Crippen MR) is 25.2 cm³/mol. The number of allylic oxidation sites excluding steroid dienone is 2. The molecule has 0 aromatic carbocycles. The van der Waals surface area contributed by atoms with E-state index in [4.69, 9.17) is 0 Å². The van der Waals surface area contributed by atoms with Crippen LogP contribution in [-0.4, -0.2) is 6.29 Å². The van der Waals surface area contributed by atoms with Gasteiger partial charge >= 0.3 is 0 Å². The highest BCUT2D eigenvalue weighted by atomic mass is 16.1. The van der Waals surface area contributed by atoms with E-state index in [1.165, 1.54) is 0 Å². The van der Waals surface area contributed by atoms with Crippen molar-refractivity contribution in [2.75, 3.05) is 0 Å². The molecule has 0 aromatic rings. The minimum atomic E-state index is 0.490. The standard InChI is InChI=1S/C5H7O/c1-2-3-4-5-6/h2-3,5H,1,4H2. The molecule has 0 saturated heterocycles. The summed E-state index contributed by atoms with van der Waals surface area (Å²) in [7, 11) is 0. The molecule has 6 heavy (non-hydrogen) atoms. The van der Waals surface area contributed by atoms with Crippen LogP contribution in [0.2, 0.25) is 0 Å². The van der Waals surface area contributed by atoms with Gasteiger partial charge in [-0.05, 0) is 6.92 Å². The van der Waals surface area contributed by atoms with Gasteiger partial charge in [-0.15, -0.1) is 0 Å². The van der Waals surface area contributed by atoms with Crippen molar-refractivity contribution >= 4 is 6.29 Å². The molecule has 0 atom stereocenters. The van der Waals surface area contributed by atoms with Crippen LogP contribution < -0.4 is 0 Å². The van der Waals surface area contributed by atoms with Gasteiger partial charge in [-0.25, -0.2) is 0 Å². The predicted octanol–water partition coefficient (Wildman–Crippen LogP) is 0.966. The number of rotatable bonds is 2. The maximum Gasteiger partial charge on any atom is 0.123 e. The highest BCUT2D eigenvalue weighted by Crippen LogP contribution is 1.71. The third kappa shape index (κ3) is 3.41. The zero-order valence-corrected chi connectivity index (χ0v) is 3.55. The minimum absolute atomic E-state index is 0.490. The van der Waals surface area contributed by atoms with E-state index in [1.54, 1.807) is 12.2 Å². The largest absolute Gasteiger partial charge is 0.303 e. The average molecular weight is 83.1 g/mol. The van der Waals surface area contributed by atoms with E-state index >= 15 is 0 Å². The van der Waals surface area contributed by atoms with Gasteiger partial charge in [0, 0.05) is 6.42 Å². The Morgan fingerprint density at radius 3 is 2.50 bits per heavy atom. The quantitative estimate of drug-likeness (QED) is 0.454. The van der Waals surface area contributed by atoms with Gasteiger partial charge in [0.1, 0.15) is 6.29 Å². The monoisotopic (exact) mass is 83.0 g/mol. The third-order valence-electron chi connectivity index (χ3n) is 0.399. The van der Waals surface area contributed by atoms with Crippen molar-refractivity contribution in [1.29, 1.82) is 0 Å². The molecular weight excluding hydrogens is 76.1 g/mol. The van der Waals surface area contributed by atoms with Crippen molar-refractivity contribution in [3.63, 3.8) is 0 Å². The van der Waals surface area contributed by atoms with Gasteiger partial charge in [-0.3, -0.25) is 0 Å². The second kappa shape index (κ2) is 4.41. The lowest BCUT2D eigenvalue weighted by atomic mass is 10.4. The molecule has 0 saturated carbocycles. The first-order valence-corrected chi connectivity index (χ1v) is 1.79. The summed E-state index contributed by atoms with van der Waals surface area (Å²) in [5.41, 5.74) is 0. The smallest absolute Gasteiger partial charge is 0.123 e. The minimum Gasteiger partial charge on any atom is -0.303 e. The third-order valence-corrected chi connectivity index (χ3v) is 0.399. The van der Waals surface area contributed by atoms with Crippen molar-refractivity contribution in [1.82, 2.24) is 0 Å². The Kier molecular flexibility index (Phi) is 3.98. The Balaban J connectivity index is 2.85. The van der Waals surface area contributed by atoms with Crippen LogP contribution in [0.25, 0.3) is 0 Å². The van der Waals surface area contributed by atoms with E-state index in [2.05, 4.69) is 6.92 Å². The molecule has 1 nitrogen and oxygen atoms in total. The molecule has 0 rings (SSSR count). The van der Waals surface area contributed by atoms with Crippen molar-refractivity contribution < 1.29 is 4.79 Å². The van der Waals surface area contributed by atoms with E-state index in [9.17, 15) is 4.79 Å². The fraction of sp³-hybridized carbons (Fsp3) is 0.200. The lowest BCUT2D eigenvalue weighted by molar-refractivity contribution is -0.107. The second-order valence-electron chi connectivity index (χ2n) is 0.874. The number of hydrogen-bond acceptors (Lipinski definition) is 1. The molecule has 0 amide bonds. The Morgan fingerprint density at radius 1 is 1.67 bits per heavy atom. The Labute approximate surface area is 37.7 Å². The highest BCUT2D eigenvalue weighted by molar-refractivity contribution is 5.51. The van der Waals surface area contributed by atoms with E-state index in [-0.39, 0.29) is 0 Å². The van der Waals surface area contributed by atoms with E-state index < -0.39 is 0 Å². The molecule has 0 N–H and O–H groups in total. The number of hydrogen-bond donors (Lipinski definition) is 0. The first kappa shape index (κ1) is 5.41. The Bertz CT molecular complexity index is 55.0. The van der Waals surface area contributed by atoms with Crippen molar-refractivity contribution in [3.05, 3.63) is 19.1 Å². The molecule has 1 heteroatoms. The maximum atomic E-state index is 9.48. The molecule has 0 fully saturated rings. The summed E-state index contributed by atoms with van der Waals surface area (Å²) in [6.07, 6.45) is 4.63. The zero-order chi connectivity index (χ0) is 4.83. The molecule has 0 bridgehead atoms. The molecule has 0 aliphatic rings. The molecule has 0 aromatic heterocycles. The molecule has 1 radical (unpaired) electrons. The van der Waals surface area contributed by atoms with Gasteiger partial charge in [0.25, 0.3) is 0 Å². The Morgan fingerprint density at radius 2 is 2.33 bits per heavy atom. The summed E-state index contributed by atoms with van der Waals surface area (Å²) < 4.78 is 0. The van der Waals surface area contributed by atoms with Crippen molar-refractivity contribution in [2.45, 2.75) is 6.42 Å². The molecule has 0 aliphatic heterocycles. The van der Waals surface area contributed by atoms with Crippen molar-refractivity contribution in [2.24, 2.45) is 0 Å². The second-order valence-corrected chi connectivity index (χ2v) is 0.874. The maximum absolute atomic E-state index is 9.48. The van der Waals surface area contributed by atoms with Crippen LogP contribution in [0.15, 0.2) is 12.2 Å². The van der Waals surface area contributed by atoms with Gasteiger partial charge in [0.05, 0.1) is 0 Å². The van der Waals surface area contributed by atoms with Crippen LogP contribution in [0.5, 0.6) is 0 Å². The van der Waals surface area contributed by atoms with Gasteiger partial charge in [0.15, 0.2) is 0 Å². The van der Waals surface area contributed by atoms with Crippen LogP contribution in [0.3, 0.4) is 0 Å². The molecule has 0 spiro atoms. The fourth-order valence-electron chi connectivity index (χ4n) is 0.152. The van der Waals surface area contributed by atoms with Crippen molar-refractivity contribution in [3.8, 4) is 0 Å². The number of carbonyl (C=O) groups is 1. The SMILES string of the molecule is [CH2]C=CCC=O. The van der Waals surface area contributed by atoms with E-state index in [0.29, 0.717) is 6.42 Å². The van der Waals surface area contributed by atoms with Crippen LogP contribution in [-0.2, 0) is 4.79 Å². The van der Waals surface area contributed by atoms with Gasteiger partial charge in [-0.1, -0.05) is 12.2 Å². The summed E-state index contributed by atoms with van der Waals surface area (Å²) in [5.74, 6) is 0. The summed E-state index contributed by atoms with van der Waals surface area (Å²) in [6, 6.07) is 0. The lowest BCUT2D eigenvalue weighted by Gasteiger charge is -1.65. The highest BCUT2D eigenvalue weighted by Gasteiger charge is 1.63. The average Bonchev–Trinajstić information content (AvgIpc) is 1.61. The van der Waals surface area contributed by atoms with Gasteiger partial charge in [-0.2, -0.15) is 0 Å². The first-order valence-electron chi connectivity index (χ1n) is 1.79. The van der Waals surface area contributed by atoms with Crippen LogP contribution in [0.4, 0.5) is 0 Å². The zero-order valence-electron chi connectivity index (χ0n) is 3.55. The molecule has 0 unspecified atom stereocenters. The molecular formula is C5H7O. The molecule has 0 aliphatic carbocycles. The molecule has 33 valence electrons. The molecule has 0 heterocycles. The normalized spacial score (nSPS) is 9.50. The topological polar surface area (TPSA) is 17.1 Å². The number of aldehydes is 1. The summed E-state index contributed by atoms with van der Waals surface area (Å²) in [5, 5.41) is 0. The first-order chi connectivity index (χ1) is 2.91. The Hall–Kier alpha value is -0.590. The fourth-order valence-corrected chi connectivity index (χ4v) is 0.152. The lowest BCUT2D eigenvalue weighted by Crippen LogP contribution is -1.61. The van der Waals surface area contributed by atoms with Gasteiger partial charge in [0.2, 0.25) is 0 Å². The van der Waals surface area contributed by atoms with Gasteiger partial charge < -0.3 is 4.79 Å². The summed E-state index contributed by atoms with van der Waals surface area (Å²) in [6.45, 7) is 3.38. The summed E-state index contributed by atoms with van der Waals surface area (Å²) >= 11 is 0. The number of carbonyl (C=O) groups excluding carboxylic acids is 1.